The van der Waals surface area contributed by atoms with Crippen LogP contribution in [0.2, 0.25) is 0 Å². The Morgan fingerprint density at radius 3 is 2.53 bits per heavy atom. The minimum Gasteiger partial charge on any atom is -0.497 e. The molecule has 0 bridgehead atoms. The third-order valence-electron chi connectivity index (χ3n) is 5.88. The van der Waals surface area contributed by atoms with Crippen molar-refractivity contribution in [1.29, 1.82) is 0 Å². The molecule has 2 aromatic carbocycles. The van der Waals surface area contributed by atoms with Crippen molar-refractivity contribution in [2.24, 2.45) is 0 Å². The Hall–Kier alpha value is -3.05. The highest BCUT2D eigenvalue weighted by Crippen LogP contribution is 2.33. The molecule has 1 atom stereocenters. The molecule has 36 heavy (non-hydrogen) atoms. The number of hydrogen-bond acceptors (Lipinski definition) is 7. The molecule has 1 amide bonds. The molecule has 1 fully saturated rings. The van der Waals surface area contributed by atoms with Crippen LogP contribution in [0.3, 0.4) is 0 Å². The average Bonchev–Trinajstić information content (AvgIpc) is 3.56. The lowest BCUT2D eigenvalue weighted by molar-refractivity contribution is 0.0917. The zero-order valence-electron chi connectivity index (χ0n) is 20.1. The van der Waals surface area contributed by atoms with Gasteiger partial charge in [-0.05, 0) is 55.3 Å². The van der Waals surface area contributed by atoms with Gasteiger partial charge >= 0.3 is 0 Å². The summed E-state index contributed by atoms with van der Waals surface area (Å²) >= 11 is 1.40. The molecule has 1 aromatic heterocycles. The first-order chi connectivity index (χ1) is 17.4. The van der Waals surface area contributed by atoms with Crippen LogP contribution >= 0.6 is 11.3 Å². The van der Waals surface area contributed by atoms with Crippen LogP contribution in [-0.4, -0.2) is 63.1 Å². The van der Waals surface area contributed by atoms with E-state index in [1.54, 1.807) is 12.0 Å². The van der Waals surface area contributed by atoms with E-state index in [1.807, 2.05) is 18.2 Å². The molecule has 4 rings (SSSR count). The van der Waals surface area contributed by atoms with Crippen molar-refractivity contribution < 1.29 is 22.7 Å². The monoisotopic (exact) mass is 527 g/mol. The Labute approximate surface area is 215 Å². The van der Waals surface area contributed by atoms with Gasteiger partial charge in [-0.15, -0.1) is 13.2 Å². The van der Waals surface area contributed by atoms with Crippen LogP contribution in [-0.2, 0) is 14.8 Å². The summed E-state index contributed by atoms with van der Waals surface area (Å²) in [5, 5.41) is 0.554. The second-order valence-corrected chi connectivity index (χ2v) is 11.3. The summed E-state index contributed by atoms with van der Waals surface area (Å²) in [5.41, 5.74) is 1.13. The van der Waals surface area contributed by atoms with Gasteiger partial charge < -0.3 is 9.47 Å². The predicted octanol–water partition coefficient (Wildman–Crippen LogP) is 4.49. The van der Waals surface area contributed by atoms with Gasteiger partial charge in [-0.25, -0.2) is 13.4 Å². The molecule has 0 radical (unpaired) electrons. The summed E-state index contributed by atoms with van der Waals surface area (Å²) in [6.07, 6.45) is 4.77. The highest BCUT2D eigenvalue weighted by atomic mass is 32.2. The highest BCUT2D eigenvalue weighted by Gasteiger charge is 2.28. The van der Waals surface area contributed by atoms with Crippen LogP contribution in [0.4, 0.5) is 5.13 Å². The Kier molecular flexibility index (Phi) is 8.20. The maximum Gasteiger partial charge on any atom is 0.260 e. The van der Waals surface area contributed by atoms with Gasteiger partial charge in [-0.1, -0.05) is 23.5 Å². The number of nitrogens with zero attached hydrogens (tertiary/aromatic N) is 3. The maximum absolute atomic E-state index is 13.7. The Bertz CT molecular complexity index is 1340. The zero-order valence-corrected chi connectivity index (χ0v) is 21.8. The number of hydrogen-bond donors (Lipinski definition) is 0. The van der Waals surface area contributed by atoms with E-state index in [2.05, 4.69) is 18.1 Å². The topological polar surface area (TPSA) is 89.0 Å². The number of sulfonamides is 1. The standard InChI is InChI=1S/C26H29N3O5S2/c1-4-14-28(15-5-2)36(31,32)22-11-8-19(9-12-22)25(30)29(18-21-7-6-16-34-21)26-27-23-13-10-20(33-3)17-24(23)35-26/h4-5,8-13,17,21H,1-2,6-7,14-16,18H2,3H3. The largest absolute Gasteiger partial charge is 0.497 e. The third-order valence-corrected chi connectivity index (χ3v) is 8.76. The van der Waals surface area contributed by atoms with Gasteiger partial charge in [0.15, 0.2) is 5.13 Å². The van der Waals surface area contributed by atoms with Gasteiger partial charge in [0.05, 0.1) is 34.9 Å². The van der Waals surface area contributed by atoms with E-state index in [-0.39, 0.29) is 30.0 Å². The molecule has 0 aliphatic carbocycles. The molecule has 2 heterocycles. The van der Waals surface area contributed by atoms with Gasteiger partial charge in [-0.2, -0.15) is 4.31 Å². The predicted molar refractivity (Wildman–Crippen MR) is 142 cm³/mol. The number of benzene rings is 2. The fourth-order valence-electron chi connectivity index (χ4n) is 4.01. The molecule has 3 aromatic rings. The Morgan fingerprint density at radius 1 is 1.19 bits per heavy atom. The van der Waals surface area contributed by atoms with Crippen molar-refractivity contribution in [3.05, 3.63) is 73.3 Å². The SMILES string of the molecule is C=CCN(CC=C)S(=O)(=O)c1ccc(C(=O)N(CC2CCCO2)c2nc3ccc(OC)cc3s2)cc1. The zero-order chi connectivity index (χ0) is 25.7. The van der Waals surface area contributed by atoms with E-state index >= 15 is 0 Å². The maximum atomic E-state index is 13.7. The van der Waals surface area contributed by atoms with E-state index in [1.165, 1.54) is 52.1 Å². The van der Waals surface area contributed by atoms with Gasteiger partial charge in [-0.3, -0.25) is 9.69 Å². The number of amides is 1. The summed E-state index contributed by atoms with van der Waals surface area (Å²) in [5.74, 6) is 0.447. The second kappa shape index (κ2) is 11.3. The summed E-state index contributed by atoms with van der Waals surface area (Å²) < 4.78 is 39.3. The average molecular weight is 528 g/mol. The summed E-state index contributed by atoms with van der Waals surface area (Å²) in [7, 11) is -2.15. The third kappa shape index (κ3) is 5.52. The summed E-state index contributed by atoms with van der Waals surface area (Å²) in [4.78, 5) is 20.1. The Balaban J connectivity index is 1.64. The normalized spacial score (nSPS) is 15.8. The fourth-order valence-corrected chi connectivity index (χ4v) is 6.39. The van der Waals surface area contributed by atoms with Crippen LogP contribution in [0.15, 0.2) is 72.7 Å². The number of rotatable bonds is 11. The molecule has 1 aliphatic rings. The van der Waals surface area contributed by atoms with Crippen molar-refractivity contribution in [2.75, 3.05) is 38.3 Å². The number of aromatic nitrogens is 1. The lowest BCUT2D eigenvalue weighted by Gasteiger charge is -2.23. The molecule has 8 nitrogen and oxygen atoms in total. The van der Waals surface area contributed by atoms with E-state index in [0.717, 1.165) is 23.1 Å². The number of carbonyl (C=O) groups is 1. The minimum absolute atomic E-state index is 0.0819. The molecule has 0 N–H and O–H groups in total. The molecule has 190 valence electrons. The van der Waals surface area contributed by atoms with E-state index < -0.39 is 10.0 Å². The smallest absolute Gasteiger partial charge is 0.260 e. The lowest BCUT2D eigenvalue weighted by Crippen LogP contribution is -2.37. The van der Waals surface area contributed by atoms with E-state index in [4.69, 9.17) is 9.47 Å². The number of fused-ring (bicyclic) bond motifs is 1. The number of thiazole rings is 1. The molecule has 1 unspecified atom stereocenters. The van der Waals surface area contributed by atoms with E-state index in [9.17, 15) is 13.2 Å². The number of carbonyl (C=O) groups excluding carboxylic acids is 1. The van der Waals surface area contributed by atoms with Crippen LogP contribution in [0.1, 0.15) is 23.2 Å². The van der Waals surface area contributed by atoms with Crippen molar-refractivity contribution in [1.82, 2.24) is 9.29 Å². The quantitative estimate of drug-likeness (QED) is 0.341. The molecular formula is C26H29N3O5S2. The molecule has 0 saturated carbocycles. The van der Waals surface area contributed by atoms with Crippen LogP contribution in [0, 0.1) is 0 Å². The number of anilines is 1. The minimum atomic E-state index is -3.76. The van der Waals surface area contributed by atoms with Crippen LogP contribution in [0.5, 0.6) is 5.75 Å². The van der Waals surface area contributed by atoms with Crippen molar-refractivity contribution in [3.8, 4) is 5.75 Å². The van der Waals surface area contributed by atoms with Crippen molar-refractivity contribution >= 4 is 42.6 Å². The second-order valence-electron chi connectivity index (χ2n) is 8.30. The first-order valence-electron chi connectivity index (χ1n) is 11.6. The first kappa shape index (κ1) is 26.0. The molecule has 1 saturated heterocycles. The van der Waals surface area contributed by atoms with Gasteiger partial charge in [0.2, 0.25) is 10.0 Å². The summed E-state index contributed by atoms with van der Waals surface area (Å²) in [6, 6.07) is 11.6. The molecule has 10 heteroatoms. The van der Waals surface area contributed by atoms with Crippen LogP contribution in [0.25, 0.3) is 10.2 Å². The lowest BCUT2D eigenvalue weighted by atomic mass is 10.2. The number of methoxy groups -OCH3 is 1. The fraction of sp³-hybridized carbons (Fsp3) is 0.308. The van der Waals surface area contributed by atoms with Crippen molar-refractivity contribution in [2.45, 2.75) is 23.8 Å². The Morgan fingerprint density at radius 2 is 1.92 bits per heavy atom. The number of ether oxygens (including phenoxy) is 2. The van der Waals surface area contributed by atoms with Crippen molar-refractivity contribution in [3.63, 3.8) is 0 Å². The molecular weight excluding hydrogens is 498 g/mol. The highest BCUT2D eigenvalue weighted by molar-refractivity contribution is 7.89. The van der Waals surface area contributed by atoms with E-state index in [0.29, 0.717) is 29.6 Å². The molecule has 0 spiro atoms. The van der Waals surface area contributed by atoms with Crippen LogP contribution < -0.4 is 9.64 Å². The summed E-state index contributed by atoms with van der Waals surface area (Å²) in [6.45, 7) is 8.61. The van der Waals surface area contributed by atoms with Gasteiger partial charge in [0.1, 0.15) is 5.75 Å². The van der Waals surface area contributed by atoms with Gasteiger partial charge in [0.25, 0.3) is 5.91 Å². The first-order valence-corrected chi connectivity index (χ1v) is 13.8. The van der Waals surface area contributed by atoms with Gasteiger partial charge in [0, 0.05) is 25.3 Å². The molecule has 1 aliphatic heterocycles.